The lowest BCUT2D eigenvalue weighted by atomic mass is 9.78. The van der Waals surface area contributed by atoms with Gasteiger partial charge in [0.15, 0.2) is 0 Å². The lowest BCUT2D eigenvalue weighted by Crippen LogP contribution is -2.30. The van der Waals surface area contributed by atoms with Crippen LogP contribution < -0.4 is 5.46 Å². The van der Waals surface area contributed by atoms with Crippen LogP contribution in [-0.4, -0.2) is 32.5 Å². The Balaban J connectivity index is 3.28. The van der Waals surface area contributed by atoms with E-state index in [2.05, 4.69) is 0 Å². The fourth-order valence-electron chi connectivity index (χ4n) is 0.873. The highest BCUT2D eigenvalue weighted by molar-refractivity contribution is 6.60. The summed E-state index contributed by atoms with van der Waals surface area (Å²) in [6.07, 6.45) is 0. The summed E-state index contributed by atoms with van der Waals surface area (Å²) in [6, 6.07) is 1.79. The Hall–Kier alpha value is -1.40. The summed E-state index contributed by atoms with van der Waals surface area (Å²) in [7, 11) is -1.97. The van der Waals surface area contributed by atoms with Gasteiger partial charge in [0.05, 0.1) is 5.46 Å². The van der Waals surface area contributed by atoms with Crippen LogP contribution in [0.3, 0.4) is 0 Å². The van der Waals surface area contributed by atoms with Gasteiger partial charge in [-0.3, -0.25) is 0 Å². The minimum absolute atomic E-state index is 0.352. The molecule has 6 heteroatoms. The molecule has 0 aliphatic carbocycles. The van der Waals surface area contributed by atoms with Crippen molar-refractivity contribution in [3.63, 3.8) is 0 Å². The molecular weight excluding hydrogens is 163 g/mol. The number of phenolic OH excluding ortho intramolecular Hbond substituents is 3. The number of phenols is 3. The monoisotopic (exact) mass is 170 g/mol. The van der Waals surface area contributed by atoms with Crippen LogP contribution in [0.5, 0.6) is 17.2 Å². The molecule has 0 bridgehead atoms. The Labute approximate surface area is 68.3 Å². The second kappa shape index (κ2) is 2.92. The molecule has 0 spiro atoms. The Morgan fingerprint density at radius 3 is 1.67 bits per heavy atom. The Morgan fingerprint density at radius 2 is 1.33 bits per heavy atom. The van der Waals surface area contributed by atoms with Crippen LogP contribution in [-0.2, 0) is 0 Å². The zero-order valence-electron chi connectivity index (χ0n) is 5.97. The van der Waals surface area contributed by atoms with E-state index in [0.29, 0.717) is 0 Å². The minimum atomic E-state index is -1.97. The lowest BCUT2D eigenvalue weighted by molar-refractivity contribution is 0.406. The second-order valence-electron chi connectivity index (χ2n) is 2.27. The lowest BCUT2D eigenvalue weighted by Gasteiger charge is -2.05. The van der Waals surface area contributed by atoms with Gasteiger partial charge in [-0.15, -0.1) is 0 Å². The molecule has 0 saturated heterocycles. The van der Waals surface area contributed by atoms with Gasteiger partial charge in [-0.25, -0.2) is 0 Å². The SMILES string of the molecule is OB(O)c1c(O)cc(O)cc1O. The van der Waals surface area contributed by atoms with E-state index in [1.165, 1.54) is 0 Å². The van der Waals surface area contributed by atoms with E-state index in [1.54, 1.807) is 0 Å². The van der Waals surface area contributed by atoms with Gasteiger partial charge in [0, 0.05) is 12.1 Å². The van der Waals surface area contributed by atoms with E-state index in [9.17, 15) is 0 Å². The maximum atomic E-state index is 9.00. The molecule has 0 atom stereocenters. The normalized spacial score (nSPS) is 9.83. The Bertz CT molecular complexity index is 275. The van der Waals surface area contributed by atoms with Crippen LogP contribution in [0.4, 0.5) is 0 Å². The van der Waals surface area contributed by atoms with Crippen LogP contribution in [0.25, 0.3) is 0 Å². The van der Waals surface area contributed by atoms with Crippen molar-refractivity contribution in [1.29, 1.82) is 0 Å². The number of benzene rings is 1. The van der Waals surface area contributed by atoms with E-state index >= 15 is 0 Å². The molecule has 5 nitrogen and oxygen atoms in total. The summed E-state index contributed by atoms with van der Waals surface area (Å²) in [4.78, 5) is 0. The third kappa shape index (κ3) is 1.44. The van der Waals surface area contributed by atoms with Gasteiger partial charge in [0.25, 0.3) is 0 Å². The number of hydrogen-bond donors (Lipinski definition) is 5. The number of rotatable bonds is 1. The van der Waals surface area contributed by atoms with E-state index in [4.69, 9.17) is 25.4 Å². The average molecular weight is 170 g/mol. The Kier molecular flexibility index (Phi) is 2.12. The molecule has 64 valence electrons. The van der Waals surface area contributed by atoms with Crippen molar-refractivity contribution < 1.29 is 25.4 Å². The van der Waals surface area contributed by atoms with Gasteiger partial charge < -0.3 is 25.4 Å². The topological polar surface area (TPSA) is 101 Å². The predicted octanol–water partition coefficient (Wildman–Crippen LogP) is -1.52. The maximum Gasteiger partial charge on any atom is 0.496 e. The summed E-state index contributed by atoms with van der Waals surface area (Å²) >= 11 is 0. The van der Waals surface area contributed by atoms with Crippen molar-refractivity contribution in [3.8, 4) is 17.2 Å². The molecule has 0 amide bonds. The quantitative estimate of drug-likeness (QED) is 0.329. The number of hydrogen-bond acceptors (Lipinski definition) is 5. The van der Waals surface area contributed by atoms with Gasteiger partial charge in [0.2, 0.25) is 0 Å². The fourth-order valence-corrected chi connectivity index (χ4v) is 0.873. The molecule has 0 aromatic heterocycles. The standard InChI is InChI=1S/C6H7BO5/c8-3-1-4(9)6(7(11)12)5(10)2-3/h1-2,8-12H. The van der Waals surface area contributed by atoms with Gasteiger partial charge in [-0.05, 0) is 0 Å². The minimum Gasteiger partial charge on any atom is -0.508 e. The van der Waals surface area contributed by atoms with Crippen LogP contribution in [0.2, 0.25) is 0 Å². The molecule has 1 aromatic rings. The average Bonchev–Trinajstić information content (AvgIpc) is 1.82. The largest absolute Gasteiger partial charge is 0.508 e. The van der Waals surface area contributed by atoms with E-state index < -0.39 is 24.1 Å². The third-order valence-corrected chi connectivity index (χ3v) is 1.38. The molecule has 0 heterocycles. The molecule has 0 unspecified atom stereocenters. The predicted molar refractivity (Wildman–Crippen MR) is 41.3 cm³/mol. The Morgan fingerprint density at radius 1 is 0.917 bits per heavy atom. The summed E-state index contributed by atoms with van der Waals surface area (Å²) in [6.45, 7) is 0. The molecule has 0 aliphatic heterocycles. The first-order chi connectivity index (χ1) is 5.52. The molecule has 12 heavy (non-hydrogen) atoms. The van der Waals surface area contributed by atoms with E-state index in [1.807, 2.05) is 0 Å². The molecule has 1 aromatic carbocycles. The van der Waals surface area contributed by atoms with Crippen molar-refractivity contribution in [1.82, 2.24) is 0 Å². The third-order valence-electron chi connectivity index (χ3n) is 1.38. The summed E-state index contributed by atoms with van der Waals surface area (Å²) in [5, 5.41) is 44.1. The van der Waals surface area contributed by atoms with Crippen LogP contribution in [0.1, 0.15) is 0 Å². The van der Waals surface area contributed by atoms with Crippen molar-refractivity contribution in [3.05, 3.63) is 12.1 Å². The zero-order chi connectivity index (χ0) is 9.30. The van der Waals surface area contributed by atoms with Crippen molar-refractivity contribution in [2.24, 2.45) is 0 Å². The summed E-state index contributed by atoms with van der Waals surface area (Å²) in [5.74, 6) is -1.49. The van der Waals surface area contributed by atoms with Crippen LogP contribution in [0.15, 0.2) is 12.1 Å². The fraction of sp³-hybridized carbons (Fsp3) is 0. The highest BCUT2D eigenvalue weighted by Crippen LogP contribution is 2.22. The molecule has 5 N–H and O–H groups in total. The summed E-state index contributed by atoms with van der Waals surface area (Å²) < 4.78 is 0. The first kappa shape index (κ1) is 8.70. The second-order valence-corrected chi connectivity index (χ2v) is 2.27. The zero-order valence-corrected chi connectivity index (χ0v) is 5.97. The number of aromatic hydroxyl groups is 3. The molecule has 0 saturated carbocycles. The van der Waals surface area contributed by atoms with Gasteiger partial charge in [-0.1, -0.05) is 0 Å². The highest BCUT2D eigenvalue weighted by atomic mass is 16.4. The maximum absolute atomic E-state index is 9.00. The smallest absolute Gasteiger partial charge is 0.496 e. The van der Waals surface area contributed by atoms with E-state index in [0.717, 1.165) is 12.1 Å². The van der Waals surface area contributed by atoms with Crippen molar-refractivity contribution in [2.45, 2.75) is 0 Å². The van der Waals surface area contributed by atoms with Crippen molar-refractivity contribution in [2.75, 3.05) is 0 Å². The van der Waals surface area contributed by atoms with Gasteiger partial charge in [0.1, 0.15) is 17.2 Å². The van der Waals surface area contributed by atoms with Crippen LogP contribution in [0, 0.1) is 0 Å². The van der Waals surface area contributed by atoms with E-state index in [-0.39, 0.29) is 5.75 Å². The highest BCUT2D eigenvalue weighted by Gasteiger charge is 2.21. The van der Waals surface area contributed by atoms with Crippen LogP contribution >= 0.6 is 0 Å². The van der Waals surface area contributed by atoms with Gasteiger partial charge in [-0.2, -0.15) is 0 Å². The molecule has 0 fully saturated rings. The molecule has 1 rings (SSSR count). The first-order valence-corrected chi connectivity index (χ1v) is 3.13. The van der Waals surface area contributed by atoms with Crippen molar-refractivity contribution >= 4 is 12.6 Å². The van der Waals surface area contributed by atoms with Gasteiger partial charge >= 0.3 is 7.12 Å². The summed E-state index contributed by atoms with van der Waals surface area (Å²) in [5.41, 5.74) is -0.423. The molecular formula is C6H7BO5. The molecule has 0 radical (unpaired) electrons. The first-order valence-electron chi connectivity index (χ1n) is 3.13. The molecule has 0 aliphatic rings.